The molecule has 2 amide bonds. The number of carboxylic acid groups (broad SMARTS) is 1. The smallest absolute Gasteiger partial charge is 0.339 e. The summed E-state index contributed by atoms with van der Waals surface area (Å²) in [5.74, 6) is -2.87. The number of hydrogen-bond acceptors (Lipinski definition) is 7. The predicted molar refractivity (Wildman–Crippen MR) is 149 cm³/mol. The molecule has 0 unspecified atom stereocenters. The fourth-order valence-electron chi connectivity index (χ4n) is 3.79. The number of para-hydroxylation sites is 1. The molecule has 38 heavy (non-hydrogen) atoms. The van der Waals surface area contributed by atoms with Crippen LogP contribution in [-0.2, 0) is 19.4 Å². The first-order valence-electron chi connectivity index (χ1n) is 11.2. The SMILES string of the molecule is NC(=O)CC[C@@](N)(C(=O)O)S(=O)(=O)c1ccc(-c2ccc(NC(=O)c3cc4ccccc4o3)cc2)c(I)c1. The van der Waals surface area contributed by atoms with Crippen LogP contribution in [0, 0.1) is 3.57 Å². The van der Waals surface area contributed by atoms with E-state index in [9.17, 15) is 27.9 Å². The number of nitrogens with one attached hydrogen (secondary N) is 1. The summed E-state index contributed by atoms with van der Waals surface area (Å²) < 4.78 is 32.3. The van der Waals surface area contributed by atoms with Gasteiger partial charge in [0.25, 0.3) is 5.91 Å². The van der Waals surface area contributed by atoms with Crippen LogP contribution in [0.2, 0.25) is 0 Å². The largest absolute Gasteiger partial charge is 0.479 e. The highest BCUT2D eigenvalue weighted by Gasteiger charge is 2.48. The Bertz CT molecular complexity index is 1630. The van der Waals surface area contributed by atoms with Crippen LogP contribution in [0.15, 0.2) is 82.1 Å². The monoisotopic (exact) mass is 647 g/mol. The van der Waals surface area contributed by atoms with Gasteiger partial charge >= 0.3 is 5.97 Å². The van der Waals surface area contributed by atoms with E-state index in [-0.39, 0.29) is 10.7 Å². The number of carboxylic acids is 1. The standard InChI is InChI=1S/C26H22IN3O7S/c27-20-14-18(38(35,36)26(29,25(33)34)12-11-23(28)31)9-10-19(20)15-5-7-17(8-6-15)30-24(32)22-13-16-3-1-2-4-21(16)37-22/h1-10,13-14H,11-12,29H2,(H2,28,31)(H,30,32)(H,33,34)/t26-/m0/s1. The van der Waals surface area contributed by atoms with Gasteiger partial charge in [0.05, 0.1) is 4.90 Å². The van der Waals surface area contributed by atoms with Crippen molar-refractivity contribution in [1.29, 1.82) is 0 Å². The van der Waals surface area contributed by atoms with E-state index in [1.807, 2.05) is 40.8 Å². The van der Waals surface area contributed by atoms with Crippen LogP contribution >= 0.6 is 22.6 Å². The second-order valence-electron chi connectivity index (χ2n) is 8.49. The number of halogens is 1. The molecule has 4 rings (SSSR count). The number of anilines is 1. The van der Waals surface area contributed by atoms with Gasteiger partial charge in [0.1, 0.15) is 5.58 Å². The van der Waals surface area contributed by atoms with E-state index >= 15 is 0 Å². The molecule has 12 heteroatoms. The van der Waals surface area contributed by atoms with Crippen LogP contribution in [0.4, 0.5) is 5.69 Å². The fourth-order valence-corrected chi connectivity index (χ4v) is 6.37. The van der Waals surface area contributed by atoms with Crippen LogP contribution in [0.25, 0.3) is 22.1 Å². The van der Waals surface area contributed by atoms with E-state index in [0.717, 1.165) is 10.9 Å². The third-order valence-electron chi connectivity index (χ3n) is 5.94. The number of hydrogen-bond donors (Lipinski definition) is 4. The Morgan fingerprint density at radius 2 is 1.68 bits per heavy atom. The number of benzene rings is 3. The first-order valence-corrected chi connectivity index (χ1v) is 13.7. The highest BCUT2D eigenvalue weighted by molar-refractivity contribution is 14.1. The number of nitrogens with two attached hydrogens (primary N) is 2. The lowest BCUT2D eigenvalue weighted by Crippen LogP contribution is -2.55. The third-order valence-corrected chi connectivity index (χ3v) is 9.04. The van der Waals surface area contributed by atoms with Gasteiger partial charge in [0.15, 0.2) is 5.76 Å². The summed E-state index contributed by atoms with van der Waals surface area (Å²) in [7, 11) is -4.56. The second kappa shape index (κ2) is 10.6. The molecule has 0 aliphatic heterocycles. The predicted octanol–water partition coefficient (Wildman–Crippen LogP) is 3.74. The van der Waals surface area contributed by atoms with Gasteiger partial charge in [-0.2, -0.15) is 0 Å². The van der Waals surface area contributed by atoms with Gasteiger partial charge < -0.3 is 26.3 Å². The number of amides is 2. The maximum atomic E-state index is 13.1. The van der Waals surface area contributed by atoms with E-state index in [2.05, 4.69) is 5.32 Å². The summed E-state index contributed by atoms with van der Waals surface area (Å²) in [6.07, 6.45) is -1.17. The average molecular weight is 647 g/mol. The number of sulfone groups is 1. The molecule has 0 fully saturated rings. The van der Waals surface area contributed by atoms with Crippen molar-refractivity contribution in [3.63, 3.8) is 0 Å². The molecule has 0 saturated heterocycles. The minimum absolute atomic E-state index is 0.176. The molecule has 6 N–H and O–H groups in total. The van der Waals surface area contributed by atoms with Crippen molar-refractivity contribution < 1.29 is 32.3 Å². The van der Waals surface area contributed by atoms with Gasteiger partial charge in [-0.25, -0.2) is 13.2 Å². The third kappa shape index (κ3) is 5.28. The van der Waals surface area contributed by atoms with Gasteiger partial charge in [-0.1, -0.05) is 36.4 Å². The normalized spacial score (nSPS) is 13.1. The van der Waals surface area contributed by atoms with E-state index in [4.69, 9.17) is 15.9 Å². The van der Waals surface area contributed by atoms with Gasteiger partial charge in [-0.3, -0.25) is 9.59 Å². The number of carbonyl (C=O) groups excluding carboxylic acids is 2. The van der Waals surface area contributed by atoms with Crippen molar-refractivity contribution in [3.05, 3.63) is 82.1 Å². The molecule has 0 aliphatic rings. The Hall–Kier alpha value is -3.75. The number of furan rings is 1. The molecule has 0 spiro atoms. The minimum atomic E-state index is -4.56. The Labute approximate surface area is 231 Å². The summed E-state index contributed by atoms with van der Waals surface area (Å²) in [4.78, 5) is 32.5. The number of fused-ring (bicyclic) bond motifs is 1. The molecule has 196 valence electrons. The van der Waals surface area contributed by atoms with E-state index < -0.39 is 45.3 Å². The van der Waals surface area contributed by atoms with Crippen molar-refractivity contribution in [3.8, 4) is 11.1 Å². The average Bonchev–Trinajstić information content (AvgIpc) is 3.32. The summed E-state index contributed by atoms with van der Waals surface area (Å²) in [6, 6.07) is 19.9. The zero-order valence-corrected chi connectivity index (χ0v) is 22.7. The molecule has 0 saturated carbocycles. The lowest BCUT2D eigenvalue weighted by Gasteiger charge is -2.24. The zero-order valence-electron chi connectivity index (χ0n) is 19.7. The molecule has 4 aromatic rings. The Balaban J connectivity index is 1.54. The minimum Gasteiger partial charge on any atom is -0.479 e. The summed E-state index contributed by atoms with van der Waals surface area (Å²) in [6.45, 7) is 0. The van der Waals surface area contributed by atoms with Crippen molar-refractivity contribution in [2.75, 3.05) is 5.32 Å². The molecule has 0 aliphatic carbocycles. The Kier molecular flexibility index (Phi) is 7.58. The Morgan fingerprint density at radius 3 is 2.29 bits per heavy atom. The zero-order chi connectivity index (χ0) is 27.7. The molecular weight excluding hydrogens is 625 g/mol. The summed E-state index contributed by atoms with van der Waals surface area (Å²) in [5.41, 5.74) is 13.4. The quantitative estimate of drug-likeness (QED) is 0.198. The van der Waals surface area contributed by atoms with Gasteiger partial charge in [-0.05, 0) is 76.5 Å². The fraction of sp³-hybridized carbons (Fsp3) is 0.115. The Morgan fingerprint density at radius 1 is 1.00 bits per heavy atom. The van der Waals surface area contributed by atoms with Gasteiger partial charge in [0, 0.05) is 21.1 Å². The van der Waals surface area contributed by atoms with Crippen molar-refractivity contribution in [2.24, 2.45) is 11.5 Å². The number of carbonyl (C=O) groups is 3. The molecule has 0 bridgehead atoms. The van der Waals surface area contributed by atoms with Crippen LogP contribution < -0.4 is 16.8 Å². The second-order valence-corrected chi connectivity index (χ2v) is 11.9. The van der Waals surface area contributed by atoms with E-state index in [0.29, 0.717) is 20.4 Å². The van der Waals surface area contributed by atoms with Gasteiger partial charge in [-0.15, -0.1) is 0 Å². The summed E-state index contributed by atoms with van der Waals surface area (Å²) >= 11 is 1.94. The molecule has 10 nitrogen and oxygen atoms in total. The first-order chi connectivity index (χ1) is 17.9. The topological polar surface area (TPSA) is 183 Å². The molecule has 1 atom stereocenters. The summed E-state index contributed by atoms with van der Waals surface area (Å²) in [5, 5.41) is 13.1. The van der Waals surface area contributed by atoms with Crippen molar-refractivity contribution in [1.82, 2.24) is 0 Å². The van der Waals surface area contributed by atoms with Crippen molar-refractivity contribution >= 4 is 66.9 Å². The lowest BCUT2D eigenvalue weighted by molar-refractivity contribution is -0.140. The molecule has 3 aromatic carbocycles. The van der Waals surface area contributed by atoms with E-state index in [1.54, 1.807) is 36.4 Å². The van der Waals surface area contributed by atoms with Crippen LogP contribution in [-0.4, -0.2) is 36.2 Å². The number of primary amides is 1. The highest BCUT2D eigenvalue weighted by atomic mass is 127. The number of aliphatic carboxylic acids is 1. The van der Waals surface area contributed by atoms with Crippen LogP contribution in [0.3, 0.4) is 0 Å². The molecule has 1 heterocycles. The van der Waals surface area contributed by atoms with Crippen LogP contribution in [0.1, 0.15) is 23.4 Å². The van der Waals surface area contributed by atoms with Crippen LogP contribution in [0.5, 0.6) is 0 Å². The van der Waals surface area contributed by atoms with Crippen molar-refractivity contribution in [2.45, 2.75) is 22.6 Å². The molecule has 1 aromatic heterocycles. The number of rotatable bonds is 9. The maximum Gasteiger partial charge on any atom is 0.339 e. The lowest BCUT2D eigenvalue weighted by atomic mass is 10.1. The molecular formula is C26H22IN3O7S. The van der Waals surface area contributed by atoms with E-state index in [1.165, 1.54) is 18.2 Å². The molecule has 0 radical (unpaired) electrons. The first kappa shape index (κ1) is 27.3. The maximum absolute atomic E-state index is 13.1. The highest BCUT2D eigenvalue weighted by Crippen LogP contribution is 2.32. The van der Waals surface area contributed by atoms with Gasteiger partial charge in [0.2, 0.25) is 20.6 Å².